The first-order valence-electron chi connectivity index (χ1n) is 21.2. The first-order valence-corrected chi connectivity index (χ1v) is 22.4. The Morgan fingerprint density at radius 2 is 0.578 bits per heavy atom. The van der Waals surface area contributed by atoms with Crippen LogP contribution >= 0.6 is 11.8 Å². The largest absolute Gasteiger partial charge is 0.162 e. The molecule has 1 heteroatoms. The average molecular weight is 647 g/mol. The van der Waals surface area contributed by atoms with Crippen LogP contribution < -0.4 is 0 Å². The van der Waals surface area contributed by atoms with E-state index in [2.05, 4.69) is 53.3 Å². The summed E-state index contributed by atoms with van der Waals surface area (Å²) in [5, 5.41) is 0. The molecule has 2 aliphatic carbocycles. The van der Waals surface area contributed by atoms with Crippen molar-refractivity contribution in [3.8, 4) is 0 Å². The molecule has 2 rings (SSSR count). The molecule has 0 atom stereocenters. The second-order valence-electron chi connectivity index (χ2n) is 18.4. The van der Waals surface area contributed by atoms with Crippen molar-refractivity contribution in [3.63, 3.8) is 0 Å². The summed E-state index contributed by atoms with van der Waals surface area (Å²) in [5.41, 5.74) is 1.07. The van der Waals surface area contributed by atoms with Crippen molar-refractivity contribution in [1.29, 1.82) is 0 Å². The van der Waals surface area contributed by atoms with Gasteiger partial charge in [0, 0.05) is 0 Å². The van der Waals surface area contributed by atoms with Crippen molar-refractivity contribution >= 4 is 11.8 Å². The Morgan fingerprint density at radius 1 is 0.333 bits per heavy atom. The first-order chi connectivity index (χ1) is 21.7. The molecule has 0 heterocycles. The van der Waals surface area contributed by atoms with Crippen molar-refractivity contribution in [3.05, 3.63) is 0 Å². The highest BCUT2D eigenvalue weighted by Gasteiger charge is 2.30. The Balaban J connectivity index is 1.19. The highest BCUT2D eigenvalue weighted by molar-refractivity contribution is 7.99. The molecule has 0 aromatic carbocycles. The van der Waals surface area contributed by atoms with Crippen molar-refractivity contribution in [2.75, 3.05) is 11.5 Å². The van der Waals surface area contributed by atoms with E-state index in [-0.39, 0.29) is 0 Å². The summed E-state index contributed by atoms with van der Waals surface area (Å²) < 4.78 is 0. The van der Waals surface area contributed by atoms with Gasteiger partial charge in [0.1, 0.15) is 0 Å². The average Bonchev–Trinajstić information content (AvgIpc) is 3.00. The smallest absolute Gasteiger partial charge is 0.00675 e. The van der Waals surface area contributed by atoms with Crippen LogP contribution in [0.3, 0.4) is 0 Å². The van der Waals surface area contributed by atoms with Gasteiger partial charge in [0.05, 0.1) is 0 Å². The van der Waals surface area contributed by atoms with Crippen molar-refractivity contribution in [2.45, 2.75) is 234 Å². The molecular weight excluding hydrogens is 561 g/mol. The van der Waals surface area contributed by atoms with Crippen molar-refractivity contribution < 1.29 is 0 Å². The lowest BCUT2D eigenvalue weighted by Gasteiger charge is -2.37. The molecule has 0 aromatic rings. The molecule has 0 aliphatic heterocycles. The van der Waals surface area contributed by atoms with E-state index in [0.717, 1.165) is 23.7 Å². The van der Waals surface area contributed by atoms with Gasteiger partial charge in [0.2, 0.25) is 0 Å². The Labute approximate surface area is 291 Å². The topological polar surface area (TPSA) is 0 Å². The van der Waals surface area contributed by atoms with E-state index in [1.807, 2.05) is 0 Å². The van der Waals surface area contributed by atoms with Gasteiger partial charge in [0.25, 0.3) is 0 Å². The lowest BCUT2D eigenvalue weighted by molar-refractivity contribution is 0.145. The lowest BCUT2D eigenvalue weighted by atomic mass is 9.69. The van der Waals surface area contributed by atoms with Gasteiger partial charge in [-0.05, 0) is 84.5 Å². The molecule has 0 nitrogen and oxygen atoms in total. The molecule has 0 spiro atoms. The molecule has 0 N–H and O–H groups in total. The number of thioether (sulfide) groups is 1. The van der Waals surface area contributed by atoms with Crippen molar-refractivity contribution in [1.82, 2.24) is 0 Å². The molecule has 0 radical (unpaired) electrons. The summed E-state index contributed by atoms with van der Waals surface area (Å²) in [6.45, 7) is 14.7. The second-order valence-corrected chi connectivity index (χ2v) is 19.7. The zero-order chi connectivity index (χ0) is 32.6. The fourth-order valence-corrected chi connectivity index (χ4v) is 9.86. The van der Waals surface area contributed by atoms with Gasteiger partial charge in [-0.3, -0.25) is 0 Å². The zero-order valence-corrected chi connectivity index (χ0v) is 33.2. The van der Waals surface area contributed by atoms with Crippen LogP contribution in [0.4, 0.5) is 0 Å². The summed E-state index contributed by atoms with van der Waals surface area (Å²) in [6, 6.07) is 0. The maximum atomic E-state index is 2.45. The number of hydrogen-bond donors (Lipinski definition) is 0. The predicted octanol–water partition coefficient (Wildman–Crippen LogP) is 16.0. The molecule has 0 unspecified atom stereocenters. The van der Waals surface area contributed by atoms with Gasteiger partial charge in [-0.1, -0.05) is 196 Å². The van der Waals surface area contributed by atoms with E-state index in [4.69, 9.17) is 0 Å². The standard InChI is InChI=1S/C44H86S/c1-43(2,3)41-33-29-39(30-34-41)27-23-19-15-11-7-9-13-17-21-25-37-45-38-26-22-18-14-10-8-12-16-20-24-28-40-31-35-42(36-32-40)44(4,5)6/h39-42H,7-38H2,1-6H3. The van der Waals surface area contributed by atoms with Crippen LogP contribution in [0.2, 0.25) is 0 Å². The molecule has 0 aromatic heterocycles. The van der Waals surface area contributed by atoms with Crippen LogP contribution in [-0.2, 0) is 0 Å². The van der Waals surface area contributed by atoms with Crippen molar-refractivity contribution in [2.24, 2.45) is 34.5 Å². The maximum Gasteiger partial charge on any atom is -0.00675 e. The predicted molar refractivity (Wildman–Crippen MR) is 209 cm³/mol. The fourth-order valence-electron chi connectivity index (χ4n) is 8.84. The normalized spacial score (nSPS) is 23.1. The quantitative estimate of drug-likeness (QED) is 0.0843. The summed E-state index contributed by atoms with van der Waals surface area (Å²) in [6.07, 6.45) is 44.8. The minimum absolute atomic E-state index is 0.536. The summed E-state index contributed by atoms with van der Waals surface area (Å²) in [7, 11) is 0. The molecule has 0 saturated heterocycles. The van der Waals surface area contributed by atoms with E-state index in [1.165, 1.54) is 204 Å². The van der Waals surface area contributed by atoms with E-state index < -0.39 is 0 Å². The summed E-state index contributed by atoms with van der Waals surface area (Å²) >= 11 is 2.23. The Morgan fingerprint density at radius 3 is 0.844 bits per heavy atom. The molecule has 2 aliphatic rings. The van der Waals surface area contributed by atoms with Crippen LogP contribution in [-0.4, -0.2) is 11.5 Å². The fraction of sp³-hybridized carbons (Fsp3) is 1.00. The van der Waals surface area contributed by atoms with Crippen LogP contribution in [0.15, 0.2) is 0 Å². The van der Waals surface area contributed by atoms with Gasteiger partial charge in [-0.15, -0.1) is 0 Å². The number of unbranched alkanes of at least 4 members (excludes halogenated alkanes) is 18. The maximum absolute atomic E-state index is 2.45. The molecular formula is C44H86S. The Kier molecular flexibility index (Phi) is 23.4. The third-order valence-corrected chi connectivity index (χ3v) is 13.6. The summed E-state index contributed by atoms with van der Waals surface area (Å²) in [5.74, 6) is 6.89. The first kappa shape index (κ1) is 41.5. The van der Waals surface area contributed by atoms with Crippen LogP contribution in [0.1, 0.15) is 234 Å². The van der Waals surface area contributed by atoms with Gasteiger partial charge >= 0.3 is 0 Å². The molecule has 0 bridgehead atoms. The second kappa shape index (κ2) is 25.3. The van der Waals surface area contributed by atoms with Crippen LogP contribution in [0, 0.1) is 34.5 Å². The molecule has 45 heavy (non-hydrogen) atoms. The number of rotatable bonds is 26. The highest BCUT2D eigenvalue weighted by atomic mass is 32.2. The Hall–Kier alpha value is 0.350. The monoisotopic (exact) mass is 647 g/mol. The lowest BCUT2D eigenvalue weighted by Crippen LogP contribution is -2.25. The van der Waals surface area contributed by atoms with Gasteiger partial charge in [0.15, 0.2) is 0 Å². The molecule has 0 amide bonds. The SMILES string of the molecule is CC(C)(C)C1CCC(CCCCCCCCCCCCSCCCCCCCCCCCCC2CCC(C(C)(C)C)CC2)CC1. The summed E-state index contributed by atoms with van der Waals surface area (Å²) in [4.78, 5) is 0. The van der Waals surface area contributed by atoms with Gasteiger partial charge < -0.3 is 0 Å². The van der Waals surface area contributed by atoms with E-state index in [0.29, 0.717) is 10.8 Å². The zero-order valence-electron chi connectivity index (χ0n) is 32.3. The van der Waals surface area contributed by atoms with Gasteiger partial charge in [-0.2, -0.15) is 11.8 Å². The minimum atomic E-state index is 0.536. The minimum Gasteiger partial charge on any atom is -0.162 e. The molecule has 268 valence electrons. The highest BCUT2D eigenvalue weighted by Crippen LogP contribution is 2.42. The van der Waals surface area contributed by atoms with E-state index in [9.17, 15) is 0 Å². The molecule has 2 fully saturated rings. The van der Waals surface area contributed by atoms with Crippen LogP contribution in [0.25, 0.3) is 0 Å². The molecule has 2 saturated carbocycles. The van der Waals surface area contributed by atoms with E-state index in [1.54, 1.807) is 0 Å². The third-order valence-electron chi connectivity index (χ3n) is 12.4. The number of hydrogen-bond acceptors (Lipinski definition) is 1. The third kappa shape index (κ3) is 21.8. The van der Waals surface area contributed by atoms with Crippen LogP contribution in [0.5, 0.6) is 0 Å². The van der Waals surface area contributed by atoms with Gasteiger partial charge in [-0.25, -0.2) is 0 Å². The Bertz CT molecular complexity index is 581. The van der Waals surface area contributed by atoms with E-state index >= 15 is 0 Å².